The molecule has 5 rings (SSSR count). The zero-order valence-corrected chi connectivity index (χ0v) is 18.9. The fourth-order valence-electron chi connectivity index (χ4n) is 4.68. The topological polar surface area (TPSA) is 88.5 Å². The summed E-state index contributed by atoms with van der Waals surface area (Å²) >= 11 is 0. The van der Waals surface area contributed by atoms with Crippen molar-refractivity contribution in [2.24, 2.45) is 0 Å². The lowest BCUT2D eigenvalue weighted by Gasteiger charge is -2.35. The van der Waals surface area contributed by atoms with Crippen LogP contribution in [0.15, 0.2) is 72.8 Å². The number of carbonyl (C=O) groups is 1. The summed E-state index contributed by atoms with van der Waals surface area (Å²) in [6.45, 7) is 0.436. The summed E-state index contributed by atoms with van der Waals surface area (Å²) in [5, 5.41) is 12.1. The Kier molecular flexibility index (Phi) is 5.78. The minimum Gasteiger partial charge on any atom is -0.494 e. The first-order chi connectivity index (χ1) is 17.0. The van der Waals surface area contributed by atoms with Gasteiger partial charge in [-0.25, -0.2) is 4.39 Å². The Balaban J connectivity index is 1.55. The molecule has 0 aliphatic carbocycles. The minimum atomic E-state index is -0.534. The Morgan fingerprint density at radius 3 is 2.77 bits per heavy atom. The van der Waals surface area contributed by atoms with Gasteiger partial charge in [-0.2, -0.15) is 0 Å². The van der Waals surface area contributed by atoms with Crippen LogP contribution in [-0.2, 0) is 11.2 Å². The molecule has 1 aliphatic rings. The van der Waals surface area contributed by atoms with Gasteiger partial charge in [0.25, 0.3) is 5.69 Å². The molecule has 0 bridgehead atoms. The van der Waals surface area contributed by atoms with Gasteiger partial charge in [0.1, 0.15) is 0 Å². The molecule has 1 amide bonds. The third-order valence-electron chi connectivity index (χ3n) is 6.31. The number of non-ortho nitro benzene ring substituents is 1. The van der Waals surface area contributed by atoms with E-state index < -0.39 is 16.8 Å². The van der Waals surface area contributed by atoms with E-state index in [1.165, 1.54) is 31.4 Å². The summed E-state index contributed by atoms with van der Waals surface area (Å²) in [6, 6.07) is 18.2. The van der Waals surface area contributed by atoms with Crippen LogP contribution in [-0.4, -0.2) is 34.4 Å². The van der Waals surface area contributed by atoms with Gasteiger partial charge in [0, 0.05) is 41.4 Å². The molecule has 1 aliphatic heterocycles. The summed E-state index contributed by atoms with van der Waals surface area (Å²) < 4.78 is 19.7. The van der Waals surface area contributed by atoms with Crippen LogP contribution >= 0.6 is 0 Å². The van der Waals surface area contributed by atoms with Crippen LogP contribution in [0.5, 0.6) is 5.75 Å². The van der Waals surface area contributed by atoms with Gasteiger partial charge in [-0.1, -0.05) is 36.4 Å². The Labute approximate surface area is 200 Å². The van der Waals surface area contributed by atoms with E-state index in [1.54, 1.807) is 35.2 Å². The van der Waals surface area contributed by atoms with E-state index in [-0.39, 0.29) is 17.3 Å². The number of carbonyl (C=O) groups excluding carboxylic acids is 1. The number of aromatic nitrogens is 1. The summed E-state index contributed by atoms with van der Waals surface area (Å²) in [5.41, 5.74) is 4.02. The number of methoxy groups -OCH3 is 1. The molecule has 4 aromatic rings. The summed E-state index contributed by atoms with van der Waals surface area (Å²) in [7, 11) is 1.41. The Morgan fingerprint density at radius 1 is 1.17 bits per heavy atom. The number of rotatable bonds is 5. The molecule has 0 radical (unpaired) electrons. The van der Waals surface area contributed by atoms with Crippen molar-refractivity contribution in [2.75, 3.05) is 13.7 Å². The van der Waals surface area contributed by atoms with Crippen molar-refractivity contribution in [1.29, 1.82) is 0 Å². The first-order valence-electron chi connectivity index (χ1n) is 11.1. The lowest BCUT2D eigenvalue weighted by molar-refractivity contribution is -0.384. The van der Waals surface area contributed by atoms with Crippen molar-refractivity contribution in [2.45, 2.75) is 12.5 Å². The second-order valence-electron chi connectivity index (χ2n) is 8.33. The van der Waals surface area contributed by atoms with Crippen molar-refractivity contribution in [3.63, 3.8) is 0 Å². The highest BCUT2D eigenvalue weighted by Crippen LogP contribution is 2.39. The van der Waals surface area contributed by atoms with Gasteiger partial charge in [-0.05, 0) is 47.4 Å². The van der Waals surface area contributed by atoms with Crippen LogP contribution in [0.2, 0.25) is 0 Å². The van der Waals surface area contributed by atoms with Gasteiger partial charge in [0.15, 0.2) is 11.6 Å². The molecule has 176 valence electrons. The van der Waals surface area contributed by atoms with Crippen LogP contribution in [0, 0.1) is 15.9 Å². The van der Waals surface area contributed by atoms with Gasteiger partial charge in [-0.15, -0.1) is 0 Å². The van der Waals surface area contributed by atoms with Gasteiger partial charge in [0.2, 0.25) is 5.91 Å². The van der Waals surface area contributed by atoms with E-state index in [2.05, 4.69) is 4.98 Å². The van der Waals surface area contributed by atoms with Crippen LogP contribution in [0.1, 0.15) is 28.4 Å². The number of nitro benzene ring substituents is 1. The molecule has 35 heavy (non-hydrogen) atoms. The van der Waals surface area contributed by atoms with Gasteiger partial charge in [0.05, 0.1) is 18.1 Å². The third kappa shape index (κ3) is 4.14. The molecule has 3 aromatic carbocycles. The van der Waals surface area contributed by atoms with Crippen LogP contribution in [0.3, 0.4) is 0 Å². The molecular weight excluding hydrogens is 449 g/mol. The predicted octanol–water partition coefficient (Wildman–Crippen LogP) is 5.41. The maximum Gasteiger partial charge on any atom is 0.270 e. The molecule has 0 fully saturated rings. The van der Waals surface area contributed by atoms with Gasteiger partial charge in [-0.3, -0.25) is 14.9 Å². The zero-order valence-electron chi connectivity index (χ0n) is 18.9. The molecule has 1 aromatic heterocycles. The van der Waals surface area contributed by atoms with Crippen molar-refractivity contribution >= 4 is 28.6 Å². The van der Waals surface area contributed by atoms with E-state index in [9.17, 15) is 19.3 Å². The smallest absolute Gasteiger partial charge is 0.270 e. The fourth-order valence-corrected chi connectivity index (χ4v) is 4.68. The normalized spacial score (nSPS) is 15.4. The highest BCUT2D eigenvalue weighted by molar-refractivity contribution is 5.93. The third-order valence-corrected chi connectivity index (χ3v) is 6.31. The summed E-state index contributed by atoms with van der Waals surface area (Å²) in [5.74, 6) is -0.653. The number of halogens is 1. The second kappa shape index (κ2) is 9.06. The maximum absolute atomic E-state index is 14.7. The highest BCUT2D eigenvalue weighted by atomic mass is 19.1. The average molecular weight is 471 g/mol. The summed E-state index contributed by atoms with van der Waals surface area (Å²) in [4.78, 5) is 29.1. The van der Waals surface area contributed by atoms with Crippen LogP contribution in [0.25, 0.3) is 17.0 Å². The van der Waals surface area contributed by atoms with E-state index in [0.717, 1.165) is 22.2 Å². The van der Waals surface area contributed by atoms with Crippen molar-refractivity contribution in [3.8, 4) is 5.75 Å². The Bertz CT molecular complexity index is 1480. The molecule has 2 heterocycles. The molecule has 7 nitrogen and oxygen atoms in total. The number of ether oxygens (including phenoxy) is 1. The van der Waals surface area contributed by atoms with Crippen LogP contribution in [0.4, 0.5) is 10.1 Å². The number of nitrogens with one attached hydrogen (secondary N) is 1. The number of benzene rings is 3. The Morgan fingerprint density at radius 2 is 2.00 bits per heavy atom. The standard InChI is InChI=1S/C27H22FN3O4/c1-35-24-11-10-18(16-22(24)28)27-26-21(20-7-2-3-8-23(20)29-26)13-14-30(27)25(32)12-9-17-5-4-6-19(15-17)31(33)34/h2-12,15-16,27,29H,13-14H2,1H3/b12-9+. The highest BCUT2D eigenvalue weighted by Gasteiger charge is 2.34. The van der Waals surface area contributed by atoms with E-state index >= 15 is 0 Å². The van der Waals surface area contributed by atoms with Crippen LogP contribution < -0.4 is 4.74 Å². The molecule has 0 saturated heterocycles. The zero-order chi connectivity index (χ0) is 24.5. The monoisotopic (exact) mass is 471 g/mol. The molecule has 0 saturated carbocycles. The number of nitrogens with zero attached hydrogens (tertiary/aromatic N) is 2. The lowest BCUT2D eigenvalue weighted by Crippen LogP contribution is -2.39. The molecule has 1 unspecified atom stereocenters. The first kappa shape index (κ1) is 22.3. The van der Waals surface area contributed by atoms with E-state index in [4.69, 9.17) is 4.74 Å². The van der Waals surface area contributed by atoms with Crippen molar-refractivity contribution in [3.05, 3.63) is 111 Å². The fraction of sp³-hybridized carbons (Fsp3) is 0.148. The molecular formula is C27H22FN3O4. The lowest BCUT2D eigenvalue weighted by atomic mass is 9.92. The quantitative estimate of drug-likeness (QED) is 0.239. The SMILES string of the molecule is COc1ccc(C2c3[nH]c4ccccc4c3CCN2C(=O)/C=C/c2cccc([N+](=O)[O-])c2)cc1F. The first-order valence-corrected chi connectivity index (χ1v) is 11.1. The number of hydrogen-bond acceptors (Lipinski definition) is 4. The Hall–Kier alpha value is -4.46. The van der Waals surface area contributed by atoms with Crippen molar-refractivity contribution < 1.29 is 18.8 Å². The average Bonchev–Trinajstić information content (AvgIpc) is 3.25. The molecule has 1 N–H and O–H groups in total. The number of fused-ring (bicyclic) bond motifs is 3. The molecule has 1 atom stereocenters. The van der Waals surface area contributed by atoms with Gasteiger partial charge >= 0.3 is 0 Å². The summed E-state index contributed by atoms with van der Waals surface area (Å²) in [6.07, 6.45) is 3.60. The number of aromatic amines is 1. The largest absolute Gasteiger partial charge is 0.494 e. The predicted molar refractivity (Wildman–Crippen MR) is 131 cm³/mol. The molecule has 8 heteroatoms. The number of amides is 1. The second-order valence-corrected chi connectivity index (χ2v) is 8.33. The van der Waals surface area contributed by atoms with Gasteiger partial charge < -0.3 is 14.6 Å². The number of para-hydroxylation sites is 1. The van der Waals surface area contributed by atoms with E-state index in [1.807, 2.05) is 24.3 Å². The number of nitro groups is 1. The van der Waals surface area contributed by atoms with Crippen molar-refractivity contribution in [1.82, 2.24) is 9.88 Å². The number of H-pyrrole nitrogens is 1. The minimum absolute atomic E-state index is 0.0492. The maximum atomic E-state index is 14.7. The molecule has 0 spiro atoms. The number of hydrogen-bond donors (Lipinski definition) is 1. The van der Waals surface area contributed by atoms with E-state index in [0.29, 0.717) is 24.1 Å².